The van der Waals surface area contributed by atoms with Crippen LogP contribution in [0.3, 0.4) is 0 Å². The average molecular weight is 515 g/mol. The summed E-state index contributed by atoms with van der Waals surface area (Å²) >= 11 is 0. The van der Waals surface area contributed by atoms with Gasteiger partial charge in [-0.25, -0.2) is 14.5 Å². The fraction of sp³-hybridized carbons (Fsp3) is 0.111. The van der Waals surface area contributed by atoms with Gasteiger partial charge in [-0.2, -0.15) is 0 Å². The average Bonchev–Trinajstić information content (AvgIpc) is 2.89. The number of anilines is 1. The molecule has 4 rings (SSSR count). The highest BCUT2D eigenvalue weighted by Crippen LogP contribution is 2.31. The van der Waals surface area contributed by atoms with E-state index in [2.05, 4.69) is 5.32 Å². The highest BCUT2D eigenvalue weighted by Gasteiger charge is 2.37. The summed E-state index contributed by atoms with van der Waals surface area (Å²) in [6.07, 6.45) is 1.31. The summed E-state index contributed by atoms with van der Waals surface area (Å²) in [6, 6.07) is 15.2. The number of esters is 1. The number of carbonyl (C=O) groups is 4. The monoisotopic (exact) mass is 515 g/mol. The van der Waals surface area contributed by atoms with E-state index in [1.807, 2.05) is 0 Å². The van der Waals surface area contributed by atoms with E-state index in [1.54, 1.807) is 38.1 Å². The predicted octanol–water partition coefficient (Wildman–Crippen LogP) is 4.19. The molecule has 0 saturated carbocycles. The van der Waals surface area contributed by atoms with E-state index in [4.69, 9.17) is 9.47 Å². The van der Waals surface area contributed by atoms with Gasteiger partial charge < -0.3 is 9.47 Å². The van der Waals surface area contributed by atoms with Crippen LogP contribution < -0.4 is 19.7 Å². The lowest BCUT2D eigenvalue weighted by molar-refractivity contribution is -0.384. The third-order valence-corrected chi connectivity index (χ3v) is 5.55. The van der Waals surface area contributed by atoms with Gasteiger partial charge in [-0.3, -0.25) is 25.0 Å². The second-order valence-corrected chi connectivity index (χ2v) is 8.08. The molecule has 1 saturated heterocycles. The molecule has 0 atom stereocenters. The van der Waals surface area contributed by atoms with Crippen LogP contribution in [0.1, 0.15) is 28.4 Å². The number of nitro benzene ring substituents is 1. The molecule has 1 heterocycles. The van der Waals surface area contributed by atoms with Gasteiger partial charge in [-0.1, -0.05) is 24.3 Å². The van der Waals surface area contributed by atoms with Gasteiger partial charge in [0.2, 0.25) is 0 Å². The number of hydrogen-bond donors (Lipinski definition) is 1. The maximum Gasteiger partial charge on any atom is 0.343 e. The van der Waals surface area contributed by atoms with E-state index >= 15 is 0 Å². The Morgan fingerprint density at radius 2 is 1.74 bits per heavy atom. The van der Waals surface area contributed by atoms with Crippen LogP contribution in [0.2, 0.25) is 0 Å². The summed E-state index contributed by atoms with van der Waals surface area (Å²) in [5.41, 5.74) is 1.04. The van der Waals surface area contributed by atoms with Crippen molar-refractivity contribution in [3.63, 3.8) is 0 Å². The van der Waals surface area contributed by atoms with E-state index in [0.717, 1.165) is 4.90 Å². The number of nitro groups is 1. The first kappa shape index (κ1) is 25.8. The number of hydrogen-bond acceptors (Lipinski definition) is 8. The van der Waals surface area contributed by atoms with Crippen molar-refractivity contribution < 1.29 is 33.6 Å². The van der Waals surface area contributed by atoms with E-state index in [-0.39, 0.29) is 34.9 Å². The largest absolute Gasteiger partial charge is 0.490 e. The number of para-hydroxylation sites is 1. The van der Waals surface area contributed by atoms with E-state index < -0.39 is 28.7 Å². The number of nitrogens with zero attached hydrogens (tertiary/aromatic N) is 2. The lowest BCUT2D eigenvalue weighted by Crippen LogP contribution is -2.54. The number of carbonyl (C=O) groups excluding carboxylic acids is 4. The van der Waals surface area contributed by atoms with Crippen molar-refractivity contribution >= 4 is 41.3 Å². The molecule has 0 aromatic heterocycles. The Labute approximate surface area is 216 Å². The molecule has 1 aliphatic rings. The first-order valence-corrected chi connectivity index (χ1v) is 11.4. The van der Waals surface area contributed by atoms with Gasteiger partial charge in [0.05, 0.1) is 22.8 Å². The number of ether oxygens (including phenoxy) is 2. The van der Waals surface area contributed by atoms with Gasteiger partial charge in [-0.05, 0) is 61.4 Å². The van der Waals surface area contributed by atoms with Crippen molar-refractivity contribution in [2.45, 2.75) is 13.8 Å². The van der Waals surface area contributed by atoms with Crippen LogP contribution in [0.25, 0.3) is 6.08 Å². The van der Waals surface area contributed by atoms with Crippen LogP contribution in [-0.2, 0) is 9.59 Å². The summed E-state index contributed by atoms with van der Waals surface area (Å²) in [5, 5.41) is 13.0. The molecule has 38 heavy (non-hydrogen) atoms. The number of benzene rings is 3. The molecule has 1 aliphatic heterocycles. The van der Waals surface area contributed by atoms with Gasteiger partial charge in [0.1, 0.15) is 5.57 Å². The highest BCUT2D eigenvalue weighted by molar-refractivity contribution is 6.39. The van der Waals surface area contributed by atoms with E-state index in [9.17, 15) is 29.3 Å². The minimum Gasteiger partial charge on any atom is -0.490 e. The molecule has 0 spiro atoms. The number of barbiturate groups is 1. The Kier molecular flexibility index (Phi) is 7.28. The quantitative estimate of drug-likeness (QED) is 0.123. The number of rotatable bonds is 7. The Morgan fingerprint density at radius 1 is 1.03 bits per heavy atom. The molecule has 3 aromatic rings. The predicted molar refractivity (Wildman–Crippen MR) is 136 cm³/mol. The summed E-state index contributed by atoms with van der Waals surface area (Å²) in [4.78, 5) is 61.9. The van der Waals surface area contributed by atoms with Crippen LogP contribution in [0.4, 0.5) is 16.2 Å². The SMILES string of the molecule is CCOc1cc(/C=C2\C(=O)NC(=O)N(c3ccccc3C)C2=O)ccc1OC(=O)c1ccc([N+](=O)[O-])cc1. The normalized spacial score (nSPS) is 14.3. The van der Waals surface area contributed by atoms with Crippen molar-refractivity contribution in [1.29, 1.82) is 0 Å². The molecule has 0 aliphatic carbocycles. The van der Waals surface area contributed by atoms with Gasteiger partial charge in [-0.15, -0.1) is 0 Å². The fourth-order valence-corrected chi connectivity index (χ4v) is 3.70. The van der Waals surface area contributed by atoms with Crippen molar-refractivity contribution in [2.75, 3.05) is 11.5 Å². The van der Waals surface area contributed by atoms with Crippen LogP contribution in [0.5, 0.6) is 11.5 Å². The third-order valence-electron chi connectivity index (χ3n) is 5.55. The topological polar surface area (TPSA) is 145 Å². The van der Waals surface area contributed by atoms with Crippen molar-refractivity contribution in [2.24, 2.45) is 0 Å². The second-order valence-electron chi connectivity index (χ2n) is 8.08. The zero-order chi connectivity index (χ0) is 27.4. The molecule has 11 heteroatoms. The molecular weight excluding hydrogens is 494 g/mol. The minimum atomic E-state index is -0.852. The Morgan fingerprint density at radius 3 is 2.39 bits per heavy atom. The first-order chi connectivity index (χ1) is 18.2. The van der Waals surface area contributed by atoms with Gasteiger partial charge in [0, 0.05) is 12.1 Å². The Hall–Kier alpha value is -5.32. The number of imide groups is 2. The fourth-order valence-electron chi connectivity index (χ4n) is 3.70. The van der Waals surface area contributed by atoms with Gasteiger partial charge in [0.25, 0.3) is 17.5 Å². The van der Waals surface area contributed by atoms with E-state index in [1.165, 1.54) is 48.5 Å². The summed E-state index contributed by atoms with van der Waals surface area (Å²) in [6.45, 7) is 3.68. The maximum absolute atomic E-state index is 13.2. The number of non-ortho nitro benzene ring substituents is 1. The van der Waals surface area contributed by atoms with Crippen molar-refractivity contribution in [3.05, 3.63) is 99.1 Å². The summed E-state index contributed by atoms with van der Waals surface area (Å²) in [7, 11) is 0. The Balaban J connectivity index is 1.62. The number of aryl methyl sites for hydroxylation is 1. The molecule has 0 radical (unpaired) electrons. The van der Waals surface area contributed by atoms with Gasteiger partial charge >= 0.3 is 12.0 Å². The Bertz CT molecular complexity index is 1490. The number of urea groups is 1. The smallest absolute Gasteiger partial charge is 0.343 e. The highest BCUT2D eigenvalue weighted by atomic mass is 16.6. The molecule has 3 aromatic carbocycles. The van der Waals surface area contributed by atoms with Crippen LogP contribution in [-0.4, -0.2) is 35.3 Å². The van der Waals surface area contributed by atoms with E-state index in [0.29, 0.717) is 16.8 Å². The molecular formula is C27H21N3O8. The van der Waals surface area contributed by atoms with Gasteiger partial charge in [0.15, 0.2) is 11.5 Å². The standard InChI is InChI=1S/C27H21N3O8/c1-3-37-23-15-17(8-13-22(23)38-26(33)18-9-11-19(12-10-18)30(35)36)14-20-24(31)28-27(34)29(25(20)32)21-7-5-4-6-16(21)2/h4-15H,3H2,1-2H3,(H,28,31,34)/b20-14+. The molecule has 11 nitrogen and oxygen atoms in total. The zero-order valence-corrected chi connectivity index (χ0v) is 20.3. The summed E-state index contributed by atoms with van der Waals surface area (Å²) in [5.74, 6) is -2.18. The third kappa shape index (κ3) is 5.26. The lowest BCUT2D eigenvalue weighted by atomic mass is 10.1. The number of amides is 4. The first-order valence-electron chi connectivity index (χ1n) is 11.4. The molecule has 192 valence electrons. The lowest BCUT2D eigenvalue weighted by Gasteiger charge is -2.27. The minimum absolute atomic E-state index is 0.0634. The van der Waals surface area contributed by atoms with Crippen LogP contribution >= 0.6 is 0 Å². The molecule has 1 fully saturated rings. The second kappa shape index (κ2) is 10.7. The molecule has 0 unspecified atom stereocenters. The van der Waals surface area contributed by atoms with Crippen LogP contribution in [0, 0.1) is 17.0 Å². The molecule has 1 N–H and O–H groups in total. The van der Waals surface area contributed by atoms with Crippen molar-refractivity contribution in [1.82, 2.24) is 5.32 Å². The molecule has 0 bridgehead atoms. The summed E-state index contributed by atoms with van der Waals surface area (Å²) < 4.78 is 11.0. The molecule has 4 amide bonds. The maximum atomic E-state index is 13.2. The van der Waals surface area contributed by atoms with Crippen molar-refractivity contribution in [3.8, 4) is 11.5 Å². The van der Waals surface area contributed by atoms with Crippen LogP contribution in [0.15, 0.2) is 72.3 Å². The zero-order valence-electron chi connectivity index (χ0n) is 20.3. The number of nitrogens with one attached hydrogen (secondary N) is 1.